The lowest BCUT2D eigenvalue weighted by atomic mass is 9.85. The molecule has 1 heterocycles. The summed E-state index contributed by atoms with van der Waals surface area (Å²) in [5.74, 6) is -0.296. The maximum absolute atomic E-state index is 9.37. The van der Waals surface area contributed by atoms with E-state index in [-0.39, 0.29) is 11.3 Å². The van der Waals surface area contributed by atoms with E-state index in [0.717, 1.165) is 11.3 Å². The Balaban J connectivity index is 2.34. The van der Waals surface area contributed by atoms with Crippen molar-refractivity contribution >= 4 is 0 Å². The molecule has 1 aromatic heterocycles. The SMILES string of the molecule is CC(C)(C)c1ccc(C(C#N)c2ccccn2)cc1. The van der Waals surface area contributed by atoms with Crippen molar-refractivity contribution < 1.29 is 0 Å². The van der Waals surface area contributed by atoms with Gasteiger partial charge in [-0.25, -0.2) is 0 Å². The van der Waals surface area contributed by atoms with Crippen molar-refractivity contribution in [2.24, 2.45) is 0 Å². The van der Waals surface area contributed by atoms with Crippen LogP contribution in [0.1, 0.15) is 43.5 Å². The molecule has 0 radical (unpaired) electrons. The Morgan fingerprint density at radius 2 is 1.74 bits per heavy atom. The molecule has 19 heavy (non-hydrogen) atoms. The van der Waals surface area contributed by atoms with Crippen LogP contribution in [0.4, 0.5) is 0 Å². The number of nitriles is 1. The average Bonchev–Trinajstić information content (AvgIpc) is 2.40. The number of pyridine rings is 1. The molecule has 0 spiro atoms. The minimum atomic E-state index is -0.296. The summed E-state index contributed by atoms with van der Waals surface area (Å²) in [6.45, 7) is 6.55. The van der Waals surface area contributed by atoms with E-state index in [0.29, 0.717) is 0 Å². The van der Waals surface area contributed by atoms with Gasteiger partial charge in [-0.1, -0.05) is 51.1 Å². The van der Waals surface area contributed by atoms with Gasteiger partial charge >= 0.3 is 0 Å². The lowest BCUT2D eigenvalue weighted by Crippen LogP contribution is -2.11. The van der Waals surface area contributed by atoms with Gasteiger partial charge in [0, 0.05) is 6.20 Å². The number of nitrogens with zero attached hydrogens (tertiary/aromatic N) is 2. The molecular weight excluding hydrogens is 232 g/mol. The topological polar surface area (TPSA) is 36.7 Å². The number of aromatic nitrogens is 1. The van der Waals surface area contributed by atoms with Gasteiger partial charge in [-0.2, -0.15) is 5.26 Å². The van der Waals surface area contributed by atoms with Crippen LogP contribution in [0.5, 0.6) is 0 Å². The first-order chi connectivity index (χ1) is 9.02. The molecule has 0 aliphatic heterocycles. The van der Waals surface area contributed by atoms with Gasteiger partial charge in [0.1, 0.15) is 5.92 Å². The smallest absolute Gasteiger partial charge is 0.113 e. The molecule has 0 saturated carbocycles. The minimum absolute atomic E-state index is 0.131. The van der Waals surface area contributed by atoms with Gasteiger partial charge in [-0.15, -0.1) is 0 Å². The standard InChI is InChI=1S/C17H18N2/c1-17(2,3)14-9-7-13(8-10-14)15(12-18)16-6-4-5-11-19-16/h4-11,15H,1-3H3. The Bertz CT molecular complexity index is 571. The van der Waals surface area contributed by atoms with Crippen molar-refractivity contribution in [3.63, 3.8) is 0 Å². The van der Waals surface area contributed by atoms with E-state index in [1.807, 2.05) is 30.3 Å². The highest BCUT2D eigenvalue weighted by Gasteiger charge is 2.17. The lowest BCUT2D eigenvalue weighted by molar-refractivity contribution is 0.590. The molecule has 1 aromatic carbocycles. The summed E-state index contributed by atoms with van der Waals surface area (Å²) in [5.41, 5.74) is 3.20. The summed E-state index contributed by atoms with van der Waals surface area (Å²) in [7, 11) is 0. The Hall–Kier alpha value is -2.14. The molecule has 0 saturated heterocycles. The fourth-order valence-electron chi connectivity index (χ4n) is 2.03. The van der Waals surface area contributed by atoms with Gasteiger partial charge in [-0.05, 0) is 28.7 Å². The first kappa shape index (κ1) is 13.3. The lowest BCUT2D eigenvalue weighted by Gasteiger charge is -2.19. The highest BCUT2D eigenvalue weighted by molar-refractivity contribution is 5.37. The molecule has 0 aliphatic rings. The molecule has 1 atom stereocenters. The van der Waals surface area contributed by atoms with Crippen molar-refractivity contribution in [1.82, 2.24) is 4.98 Å². The van der Waals surface area contributed by atoms with Crippen LogP contribution in [0.2, 0.25) is 0 Å². The van der Waals surface area contributed by atoms with E-state index in [9.17, 15) is 5.26 Å². The predicted octanol–water partition coefficient (Wildman–Crippen LogP) is 4.03. The number of hydrogen-bond donors (Lipinski definition) is 0. The molecule has 1 unspecified atom stereocenters. The molecule has 0 amide bonds. The highest BCUT2D eigenvalue weighted by Crippen LogP contribution is 2.26. The normalized spacial score (nSPS) is 12.7. The second-order valence-corrected chi connectivity index (χ2v) is 5.69. The zero-order chi connectivity index (χ0) is 13.9. The minimum Gasteiger partial charge on any atom is -0.260 e. The Morgan fingerprint density at radius 3 is 2.21 bits per heavy atom. The average molecular weight is 250 g/mol. The molecule has 0 N–H and O–H groups in total. The van der Waals surface area contributed by atoms with Gasteiger partial charge in [0.05, 0.1) is 11.8 Å². The number of hydrogen-bond acceptors (Lipinski definition) is 2. The van der Waals surface area contributed by atoms with Crippen LogP contribution in [0.15, 0.2) is 48.7 Å². The van der Waals surface area contributed by atoms with Crippen molar-refractivity contribution in [1.29, 1.82) is 5.26 Å². The summed E-state index contributed by atoms with van der Waals surface area (Å²) < 4.78 is 0. The van der Waals surface area contributed by atoms with Gasteiger partial charge in [-0.3, -0.25) is 4.98 Å². The van der Waals surface area contributed by atoms with Crippen molar-refractivity contribution in [2.45, 2.75) is 32.1 Å². The second-order valence-electron chi connectivity index (χ2n) is 5.69. The van der Waals surface area contributed by atoms with Crippen LogP contribution in [-0.4, -0.2) is 4.98 Å². The Morgan fingerprint density at radius 1 is 1.05 bits per heavy atom. The van der Waals surface area contributed by atoms with Crippen molar-refractivity contribution in [3.05, 3.63) is 65.5 Å². The Kier molecular flexibility index (Phi) is 3.66. The van der Waals surface area contributed by atoms with E-state index in [1.165, 1.54) is 5.56 Å². The van der Waals surface area contributed by atoms with Gasteiger partial charge < -0.3 is 0 Å². The Labute approximate surface area is 114 Å². The predicted molar refractivity (Wildman–Crippen MR) is 76.8 cm³/mol. The van der Waals surface area contributed by atoms with Crippen LogP contribution in [0.3, 0.4) is 0 Å². The van der Waals surface area contributed by atoms with Gasteiger partial charge in [0.15, 0.2) is 0 Å². The van der Waals surface area contributed by atoms with Crippen LogP contribution < -0.4 is 0 Å². The molecule has 2 heteroatoms. The van der Waals surface area contributed by atoms with E-state index >= 15 is 0 Å². The zero-order valence-corrected chi connectivity index (χ0v) is 11.6. The molecule has 96 valence electrons. The summed E-state index contributed by atoms with van der Waals surface area (Å²) in [6.07, 6.45) is 1.73. The van der Waals surface area contributed by atoms with E-state index in [1.54, 1.807) is 6.20 Å². The third-order valence-corrected chi connectivity index (χ3v) is 3.22. The monoisotopic (exact) mass is 250 g/mol. The maximum atomic E-state index is 9.37. The van der Waals surface area contributed by atoms with E-state index in [2.05, 4.69) is 44.0 Å². The largest absolute Gasteiger partial charge is 0.260 e. The summed E-state index contributed by atoms with van der Waals surface area (Å²) in [4.78, 5) is 4.27. The van der Waals surface area contributed by atoms with Crippen molar-refractivity contribution in [3.8, 4) is 6.07 Å². The van der Waals surface area contributed by atoms with E-state index < -0.39 is 0 Å². The molecule has 2 rings (SSSR count). The third kappa shape index (κ3) is 3.00. The molecule has 2 aromatic rings. The fourth-order valence-corrected chi connectivity index (χ4v) is 2.03. The molecule has 2 nitrogen and oxygen atoms in total. The fraction of sp³-hybridized carbons (Fsp3) is 0.294. The summed E-state index contributed by atoms with van der Waals surface area (Å²) in [5, 5.41) is 9.37. The van der Waals surface area contributed by atoms with Crippen LogP contribution in [0.25, 0.3) is 0 Å². The van der Waals surface area contributed by atoms with Crippen LogP contribution in [0, 0.1) is 11.3 Å². The molecular formula is C17H18N2. The maximum Gasteiger partial charge on any atom is 0.113 e. The first-order valence-electron chi connectivity index (χ1n) is 6.43. The van der Waals surface area contributed by atoms with E-state index in [4.69, 9.17) is 0 Å². The number of rotatable bonds is 2. The van der Waals surface area contributed by atoms with Gasteiger partial charge in [0.2, 0.25) is 0 Å². The highest BCUT2D eigenvalue weighted by atomic mass is 14.7. The van der Waals surface area contributed by atoms with Crippen LogP contribution in [-0.2, 0) is 5.41 Å². The summed E-state index contributed by atoms with van der Waals surface area (Å²) in [6, 6.07) is 16.3. The van der Waals surface area contributed by atoms with Crippen LogP contribution >= 0.6 is 0 Å². The quantitative estimate of drug-likeness (QED) is 0.806. The zero-order valence-electron chi connectivity index (χ0n) is 11.6. The number of benzene rings is 1. The van der Waals surface area contributed by atoms with Gasteiger partial charge in [0.25, 0.3) is 0 Å². The molecule has 0 aliphatic carbocycles. The molecule has 0 bridgehead atoms. The second kappa shape index (κ2) is 5.24. The summed E-state index contributed by atoms with van der Waals surface area (Å²) >= 11 is 0. The molecule has 0 fully saturated rings. The third-order valence-electron chi connectivity index (χ3n) is 3.22. The van der Waals surface area contributed by atoms with Crippen molar-refractivity contribution in [2.75, 3.05) is 0 Å². The first-order valence-corrected chi connectivity index (χ1v) is 6.43.